The minimum atomic E-state index is -1.55. The number of carbonyl (C=O) groups is 2. The van der Waals surface area contributed by atoms with E-state index in [0.29, 0.717) is 40.7 Å². The number of rotatable bonds is 9. The molecule has 230 valence electrons. The zero-order chi connectivity index (χ0) is 31.5. The van der Waals surface area contributed by atoms with E-state index in [0.717, 1.165) is 5.56 Å². The fourth-order valence-electron chi connectivity index (χ4n) is 5.20. The number of aliphatic hydroxyl groups is 1. The SMILES string of the molecule is COc1ccc(CCNC2=C(C(=O)OC(C)(C)C)[C@H](c3ccc(Cl)cc3)[C@@H](C(=O)OC(C)(C)C)[C@@](C)(O)C2)cc1OC. The Bertz CT molecular complexity index is 1300. The molecule has 1 aliphatic carbocycles. The molecule has 3 atom stereocenters. The van der Waals surface area contributed by atoms with Crippen molar-refractivity contribution in [2.24, 2.45) is 5.92 Å². The van der Waals surface area contributed by atoms with Crippen LogP contribution in [0.1, 0.15) is 71.9 Å². The molecule has 0 aromatic heterocycles. The molecule has 0 unspecified atom stereocenters. The standard InChI is InChI=1S/C33H44ClNO7/c1-31(2,3)41-29(36)27-23(35-17-16-20-10-15-24(39-8)25(18-20)40-9)19-33(7,38)28(30(37)42-32(4,5)6)26(27)21-11-13-22(34)14-12-21/h10-15,18,26,28,35,38H,16-17,19H2,1-9H3/t26-,28-,33-/m0/s1. The minimum Gasteiger partial charge on any atom is -0.493 e. The number of hydrogen-bond acceptors (Lipinski definition) is 8. The first-order valence-corrected chi connectivity index (χ1v) is 14.5. The topological polar surface area (TPSA) is 103 Å². The summed E-state index contributed by atoms with van der Waals surface area (Å²) in [4.78, 5) is 27.6. The van der Waals surface area contributed by atoms with Crippen LogP contribution in [0.25, 0.3) is 0 Å². The molecule has 2 N–H and O–H groups in total. The molecule has 9 heteroatoms. The zero-order valence-electron chi connectivity index (χ0n) is 26.1. The molecule has 0 fully saturated rings. The maximum atomic E-state index is 13.9. The van der Waals surface area contributed by atoms with Crippen LogP contribution in [-0.2, 0) is 25.5 Å². The number of hydrogen-bond donors (Lipinski definition) is 2. The first-order valence-electron chi connectivity index (χ1n) is 14.1. The minimum absolute atomic E-state index is 0.0154. The van der Waals surface area contributed by atoms with Gasteiger partial charge in [0.2, 0.25) is 0 Å². The molecular formula is C33H44ClNO7. The summed E-state index contributed by atoms with van der Waals surface area (Å²) in [5.41, 5.74) is -0.731. The lowest BCUT2D eigenvalue weighted by atomic mass is 9.65. The van der Waals surface area contributed by atoms with Gasteiger partial charge in [-0.1, -0.05) is 29.8 Å². The first kappa shape index (κ1) is 33.3. The second kappa shape index (κ2) is 13.0. The number of ether oxygens (including phenoxy) is 4. The Kier molecular flexibility index (Phi) is 10.3. The molecule has 0 saturated heterocycles. The molecule has 1 aliphatic rings. The van der Waals surface area contributed by atoms with Crippen molar-refractivity contribution in [3.63, 3.8) is 0 Å². The number of benzene rings is 2. The molecule has 2 aromatic rings. The van der Waals surface area contributed by atoms with Gasteiger partial charge < -0.3 is 29.4 Å². The van der Waals surface area contributed by atoms with Gasteiger partial charge in [0.15, 0.2) is 11.5 Å². The Labute approximate surface area is 254 Å². The normalized spacial score (nSPS) is 21.0. The van der Waals surface area contributed by atoms with Gasteiger partial charge in [0.05, 0.1) is 31.3 Å². The van der Waals surface area contributed by atoms with Crippen molar-refractivity contribution in [3.05, 3.63) is 69.9 Å². The fraction of sp³-hybridized carbons (Fsp3) is 0.515. The molecule has 0 radical (unpaired) electrons. The van der Waals surface area contributed by atoms with E-state index in [1.54, 1.807) is 87.0 Å². The Balaban J connectivity index is 2.11. The molecule has 3 rings (SSSR count). The Hall–Kier alpha value is -3.23. The summed E-state index contributed by atoms with van der Waals surface area (Å²) in [5, 5.41) is 15.8. The average Bonchev–Trinajstić information content (AvgIpc) is 2.85. The zero-order valence-corrected chi connectivity index (χ0v) is 26.8. The highest BCUT2D eigenvalue weighted by atomic mass is 35.5. The third-order valence-corrected chi connectivity index (χ3v) is 7.13. The van der Waals surface area contributed by atoms with Gasteiger partial charge in [0.25, 0.3) is 0 Å². The van der Waals surface area contributed by atoms with Gasteiger partial charge in [-0.25, -0.2) is 4.79 Å². The maximum absolute atomic E-state index is 13.9. The molecule has 2 aromatic carbocycles. The highest BCUT2D eigenvalue weighted by Gasteiger charge is 2.53. The highest BCUT2D eigenvalue weighted by Crippen LogP contribution is 2.48. The van der Waals surface area contributed by atoms with Crippen LogP contribution in [0.15, 0.2) is 53.7 Å². The Morgan fingerprint density at radius 2 is 1.55 bits per heavy atom. The summed E-state index contributed by atoms with van der Waals surface area (Å²) < 4.78 is 22.4. The average molecular weight is 602 g/mol. The van der Waals surface area contributed by atoms with Crippen LogP contribution in [0.2, 0.25) is 5.02 Å². The third-order valence-electron chi connectivity index (χ3n) is 6.88. The second-order valence-electron chi connectivity index (χ2n) is 12.8. The second-order valence-corrected chi connectivity index (χ2v) is 13.3. The van der Waals surface area contributed by atoms with Crippen LogP contribution in [0, 0.1) is 5.92 Å². The van der Waals surface area contributed by atoms with Crippen molar-refractivity contribution in [2.45, 2.75) is 84.0 Å². The lowest BCUT2D eigenvalue weighted by Crippen LogP contribution is -2.52. The van der Waals surface area contributed by atoms with Crippen LogP contribution in [-0.4, -0.2) is 54.6 Å². The molecule has 8 nitrogen and oxygen atoms in total. The number of methoxy groups -OCH3 is 2. The van der Waals surface area contributed by atoms with Gasteiger partial charge in [0, 0.05) is 29.6 Å². The summed E-state index contributed by atoms with van der Waals surface area (Å²) in [6.45, 7) is 12.7. The largest absolute Gasteiger partial charge is 0.493 e. The molecule has 0 bridgehead atoms. The van der Waals surface area contributed by atoms with Crippen molar-refractivity contribution < 1.29 is 33.6 Å². The predicted molar refractivity (Wildman–Crippen MR) is 163 cm³/mol. The van der Waals surface area contributed by atoms with E-state index in [4.69, 9.17) is 30.5 Å². The van der Waals surface area contributed by atoms with Crippen molar-refractivity contribution in [1.82, 2.24) is 5.32 Å². The van der Waals surface area contributed by atoms with Gasteiger partial charge in [0.1, 0.15) is 11.2 Å². The number of nitrogens with one attached hydrogen (secondary N) is 1. The molecule has 0 aliphatic heterocycles. The lowest BCUT2D eigenvalue weighted by Gasteiger charge is -2.44. The molecule has 0 amide bonds. The van der Waals surface area contributed by atoms with Crippen molar-refractivity contribution in [1.29, 1.82) is 0 Å². The highest BCUT2D eigenvalue weighted by molar-refractivity contribution is 6.30. The summed E-state index contributed by atoms with van der Waals surface area (Å²) in [6, 6.07) is 12.6. The number of carbonyl (C=O) groups excluding carboxylic acids is 2. The molecule has 0 saturated carbocycles. The summed E-state index contributed by atoms with van der Waals surface area (Å²) >= 11 is 6.20. The lowest BCUT2D eigenvalue weighted by molar-refractivity contribution is -0.171. The number of halogens is 1. The quantitative estimate of drug-likeness (QED) is 0.338. The van der Waals surface area contributed by atoms with Crippen molar-refractivity contribution in [2.75, 3.05) is 20.8 Å². The van der Waals surface area contributed by atoms with E-state index in [1.807, 2.05) is 18.2 Å². The summed E-state index contributed by atoms with van der Waals surface area (Å²) in [5.74, 6) is -1.87. The van der Waals surface area contributed by atoms with E-state index in [-0.39, 0.29) is 12.0 Å². The van der Waals surface area contributed by atoms with Gasteiger partial charge in [-0.3, -0.25) is 4.79 Å². The van der Waals surface area contributed by atoms with E-state index in [9.17, 15) is 14.7 Å². The van der Waals surface area contributed by atoms with E-state index < -0.39 is 40.6 Å². The van der Waals surface area contributed by atoms with Gasteiger partial charge >= 0.3 is 11.9 Å². The Morgan fingerprint density at radius 3 is 2.10 bits per heavy atom. The number of esters is 2. The smallest absolute Gasteiger partial charge is 0.336 e. The van der Waals surface area contributed by atoms with Crippen LogP contribution < -0.4 is 14.8 Å². The van der Waals surface area contributed by atoms with Crippen molar-refractivity contribution >= 4 is 23.5 Å². The van der Waals surface area contributed by atoms with Crippen molar-refractivity contribution in [3.8, 4) is 11.5 Å². The summed E-state index contributed by atoms with van der Waals surface area (Å²) in [7, 11) is 3.17. The van der Waals surface area contributed by atoms with Crippen LogP contribution >= 0.6 is 11.6 Å². The van der Waals surface area contributed by atoms with Gasteiger partial charge in [-0.05, 0) is 90.3 Å². The summed E-state index contributed by atoms with van der Waals surface area (Å²) in [6.07, 6.45) is 0.607. The van der Waals surface area contributed by atoms with Crippen LogP contribution in [0.3, 0.4) is 0 Å². The predicted octanol–water partition coefficient (Wildman–Crippen LogP) is 5.98. The molecule has 42 heavy (non-hydrogen) atoms. The van der Waals surface area contributed by atoms with E-state index >= 15 is 0 Å². The van der Waals surface area contributed by atoms with E-state index in [2.05, 4.69) is 5.32 Å². The van der Waals surface area contributed by atoms with Gasteiger partial charge in [-0.2, -0.15) is 0 Å². The fourth-order valence-corrected chi connectivity index (χ4v) is 5.32. The monoisotopic (exact) mass is 601 g/mol. The molecule has 0 spiro atoms. The maximum Gasteiger partial charge on any atom is 0.336 e. The van der Waals surface area contributed by atoms with Crippen LogP contribution in [0.5, 0.6) is 11.5 Å². The van der Waals surface area contributed by atoms with E-state index in [1.165, 1.54) is 0 Å². The molecular weight excluding hydrogens is 558 g/mol. The molecule has 0 heterocycles. The third kappa shape index (κ3) is 8.42. The van der Waals surface area contributed by atoms with Crippen LogP contribution in [0.4, 0.5) is 0 Å². The Morgan fingerprint density at radius 1 is 0.952 bits per heavy atom. The first-order chi connectivity index (χ1) is 19.5. The van der Waals surface area contributed by atoms with Gasteiger partial charge in [-0.15, -0.1) is 0 Å².